The van der Waals surface area contributed by atoms with Crippen molar-refractivity contribution in [1.82, 2.24) is 20.4 Å². The quantitative estimate of drug-likeness (QED) is 0.838. The van der Waals surface area contributed by atoms with Crippen molar-refractivity contribution in [1.29, 1.82) is 0 Å². The molecule has 1 aromatic heterocycles. The van der Waals surface area contributed by atoms with Crippen LogP contribution in [0.15, 0.2) is 6.20 Å². The molecule has 1 amide bonds. The van der Waals surface area contributed by atoms with Gasteiger partial charge in [0.2, 0.25) is 5.91 Å². The number of aromatic nitrogens is 2. The first-order valence-corrected chi connectivity index (χ1v) is 7.30. The number of carbonyl (C=O) groups is 1. The molecule has 19 heavy (non-hydrogen) atoms. The van der Waals surface area contributed by atoms with E-state index in [1.165, 1.54) is 17.7 Å². The Balaban J connectivity index is 1.68. The van der Waals surface area contributed by atoms with Crippen LogP contribution in [0.25, 0.3) is 0 Å². The average molecular weight is 262 g/mol. The van der Waals surface area contributed by atoms with Gasteiger partial charge in [-0.25, -0.2) is 0 Å². The van der Waals surface area contributed by atoms with Crippen LogP contribution in [0.3, 0.4) is 0 Å². The standard InChI is InChI=1S/C14H22N4O/c1-18-13-7-4-6-11(10(13)9-16-18)17-14(19)12-5-2-3-8-15-12/h9,11-12,15H,2-8H2,1H3,(H,17,19)/t11?,12-/m0/s1. The second-order valence-corrected chi connectivity index (χ2v) is 5.63. The van der Waals surface area contributed by atoms with Crippen molar-refractivity contribution in [2.24, 2.45) is 7.05 Å². The summed E-state index contributed by atoms with van der Waals surface area (Å²) in [6, 6.07) is 0.143. The summed E-state index contributed by atoms with van der Waals surface area (Å²) in [7, 11) is 1.98. The predicted molar refractivity (Wildman–Crippen MR) is 72.7 cm³/mol. The molecule has 5 nitrogen and oxygen atoms in total. The van der Waals surface area contributed by atoms with Gasteiger partial charge in [-0.3, -0.25) is 9.48 Å². The monoisotopic (exact) mass is 262 g/mol. The van der Waals surface area contributed by atoms with Gasteiger partial charge in [0.1, 0.15) is 0 Å². The number of hydrogen-bond acceptors (Lipinski definition) is 3. The highest BCUT2D eigenvalue weighted by Gasteiger charge is 2.28. The van der Waals surface area contributed by atoms with Gasteiger partial charge in [-0.2, -0.15) is 5.10 Å². The maximum atomic E-state index is 12.3. The lowest BCUT2D eigenvalue weighted by molar-refractivity contribution is -0.124. The third-order valence-corrected chi connectivity index (χ3v) is 4.32. The number of hydrogen-bond donors (Lipinski definition) is 2. The second-order valence-electron chi connectivity index (χ2n) is 5.63. The SMILES string of the molecule is Cn1ncc2c1CCCC2NC(=O)[C@@H]1CCCCN1. The van der Waals surface area contributed by atoms with Gasteiger partial charge in [0.05, 0.1) is 18.3 Å². The first-order chi connectivity index (χ1) is 9.25. The van der Waals surface area contributed by atoms with Crippen molar-refractivity contribution in [3.05, 3.63) is 17.5 Å². The number of carbonyl (C=O) groups excluding carboxylic acids is 1. The molecule has 0 saturated carbocycles. The normalized spacial score (nSPS) is 26.8. The van der Waals surface area contributed by atoms with Crippen LogP contribution in [0.1, 0.15) is 49.4 Å². The largest absolute Gasteiger partial charge is 0.348 e. The molecule has 5 heteroatoms. The van der Waals surface area contributed by atoms with Crippen LogP contribution in [0, 0.1) is 0 Å². The highest BCUT2D eigenvalue weighted by Crippen LogP contribution is 2.29. The Hall–Kier alpha value is -1.36. The molecule has 1 aliphatic heterocycles. The van der Waals surface area contributed by atoms with E-state index in [1.54, 1.807) is 0 Å². The summed E-state index contributed by atoms with van der Waals surface area (Å²) in [6.45, 7) is 0.959. The minimum atomic E-state index is -0.00389. The number of rotatable bonds is 2. The lowest BCUT2D eigenvalue weighted by Crippen LogP contribution is -2.47. The van der Waals surface area contributed by atoms with Gasteiger partial charge in [0, 0.05) is 18.3 Å². The Morgan fingerprint density at radius 1 is 1.42 bits per heavy atom. The molecule has 2 N–H and O–H groups in total. The molecule has 1 aromatic rings. The van der Waals surface area contributed by atoms with Crippen LogP contribution < -0.4 is 10.6 Å². The topological polar surface area (TPSA) is 59.0 Å². The fraction of sp³-hybridized carbons (Fsp3) is 0.714. The van der Waals surface area contributed by atoms with Crippen LogP contribution in [-0.4, -0.2) is 28.3 Å². The molecule has 2 heterocycles. The van der Waals surface area contributed by atoms with Crippen molar-refractivity contribution in [3.8, 4) is 0 Å². The van der Waals surface area contributed by atoms with Crippen LogP contribution in [-0.2, 0) is 18.3 Å². The Bertz CT molecular complexity index is 462. The molecule has 1 aliphatic carbocycles. The number of fused-ring (bicyclic) bond motifs is 1. The fourth-order valence-electron chi connectivity index (χ4n) is 3.20. The van der Waals surface area contributed by atoms with Gasteiger partial charge in [0.25, 0.3) is 0 Å². The zero-order chi connectivity index (χ0) is 13.2. The van der Waals surface area contributed by atoms with Crippen molar-refractivity contribution in [2.75, 3.05) is 6.54 Å². The van der Waals surface area contributed by atoms with E-state index >= 15 is 0 Å². The zero-order valence-electron chi connectivity index (χ0n) is 11.5. The molecule has 0 aromatic carbocycles. The highest BCUT2D eigenvalue weighted by molar-refractivity contribution is 5.82. The number of nitrogens with one attached hydrogen (secondary N) is 2. The Morgan fingerprint density at radius 3 is 3.11 bits per heavy atom. The molecule has 0 spiro atoms. The maximum absolute atomic E-state index is 12.3. The van der Waals surface area contributed by atoms with Crippen LogP contribution in [0.2, 0.25) is 0 Å². The minimum absolute atomic E-state index is 0.00389. The van der Waals surface area contributed by atoms with Crippen molar-refractivity contribution in [2.45, 2.75) is 50.6 Å². The molecule has 1 fully saturated rings. The molecule has 104 valence electrons. The van der Waals surface area contributed by atoms with Gasteiger partial charge >= 0.3 is 0 Å². The summed E-state index contributed by atoms with van der Waals surface area (Å²) in [4.78, 5) is 12.3. The first kappa shape index (κ1) is 12.7. The molecular formula is C14H22N4O. The predicted octanol–water partition coefficient (Wildman–Crippen LogP) is 1.06. The van der Waals surface area contributed by atoms with Crippen molar-refractivity contribution < 1.29 is 4.79 Å². The third-order valence-electron chi connectivity index (χ3n) is 4.32. The van der Waals surface area contributed by atoms with Crippen molar-refractivity contribution >= 4 is 5.91 Å². The van der Waals surface area contributed by atoms with E-state index < -0.39 is 0 Å². The maximum Gasteiger partial charge on any atom is 0.237 e. The van der Waals surface area contributed by atoms with E-state index in [1.807, 2.05) is 17.9 Å². The summed E-state index contributed by atoms with van der Waals surface area (Å²) >= 11 is 0. The van der Waals surface area contributed by atoms with Gasteiger partial charge in [0.15, 0.2) is 0 Å². The molecule has 2 atom stereocenters. The Kier molecular flexibility index (Phi) is 3.55. The smallest absolute Gasteiger partial charge is 0.237 e. The molecule has 0 radical (unpaired) electrons. The summed E-state index contributed by atoms with van der Waals surface area (Å²) in [6.07, 6.45) is 8.41. The van der Waals surface area contributed by atoms with E-state index in [4.69, 9.17) is 0 Å². The van der Waals surface area contributed by atoms with E-state index in [9.17, 15) is 4.79 Å². The molecule has 1 saturated heterocycles. The lowest BCUT2D eigenvalue weighted by Gasteiger charge is -2.28. The summed E-state index contributed by atoms with van der Waals surface area (Å²) in [5.74, 6) is 0.154. The second kappa shape index (κ2) is 5.33. The number of aryl methyl sites for hydroxylation is 1. The van der Waals surface area contributed by atoms with Crippen LogP contribution in [0.5, 0.6) is 0 Å². The summed E-state index contributed by atoms with van der Waals surface area (Å²) < 4.78 is 1.94. The number of amides is 1. The molecule has 0 bridgehead atoms. The number of nitrogens with zero attached hydrogens (tertiary/aromatic N) is 2. The summed E-state index contributed by atoms with van der Waals surface area (Å²) in [5, 5.41) is 10.8. The minimum Gasteiger partial charge on any atom is -0.348 e. The van der Waals surface area contributed by atoms with E-state index in [0.29, 0.717) is 0 Å². The van der Waals surface area contributed by atoms with E-state index in [2.05, 4.69) is 15.7 Å². The Morgan fingerprint density at radius 2 is 2.32 bits per heavy atom. The molecule has 3 rings (SSSR count). The zero-order valence-corrected chi connectivity index (χ0v) is 11.5. The average Bonchev–Trinajstić information content (AvgIpc) is 2.83. The summed E-state index contributed by atoms with van der Waals surface area (Å²) in [5.41, 5.74) is 2.48. The lowest BCUT2D eigenvalue weighted by atomic mass is 9.92. The molecule has 2 aliphatic rings. The highest BCUT2D eigenvalue weighted by atomic mass is 16.2. The van der Waals surface area contributed by atoms with Crippen molar-refractivity contribution in [3.63, 3.8) is 0 Å². The van der Waals surface area contributed by atoms with Gasteiger partial charge in [-0.05, 0) is 38.6 Å². The van der Waals surface area contributed by atoms with Gasteiger partial charge in [-0.1, -0.05) is 6.42 Å². The molecular weight excluding hydrogens is 240 g/mol. The fourth-order valence-corrected chi connectivity index (χ4v) is 3.20. The third kappa shape index (κ3) is 2.52. The Labute approximate surface area is 113 Å². The van der Waals surface area contributed by atoms with Crippen LogP contribution >= 0.6 is 0 Å². The van der Waals surface area contributed by atoms with Gasteiger partial charge < -0.3 is 10.6 Å². The van der Waals surface area contributed by atoms with E-state index in [0.717, 1.165) is 38.6 Å². The van der Waals surface area contributed by atoms with E-state index in [-0.39, 0.29) is 18.0 Å². The van der Waals surface area contributed by atoms with Gasteiger partial charge in [-0.15, -0.1) is 0 Å². The number of piperidine rings is 1. The first-order valence-electron chi connectivity index (χ1n) is 7.30. The molecule has 1 unspecified atom stereocenters. The van der Waals surface area contributed by atoms with Crippen LogP contribution in [0.4, 0.5) is 0 Å².